The minimum atomic E-state index is 0.560. The van der Waals surface area contributed by atoms with Crippen molar-refractivity contribution in [1.82, 2.24) is 0 Å². The Kier molecular flexibility index (Phi) is 1.74. The van der Waals surface area contributed by atoms with E-state index in [4.69, 9.17) is 5.73 Å². The van der Waals surface area contributed by atoms with Crippen molar-refractivity contribution in [3.63, 3.8) is 0 Å². The van der Waals surface area contributed by atoms with Crippen LogP contribution in [0.3, 0.4) is 0 Å². The van der Waals surface area contributed by atoms with Crippen LogP contribution in [0.1, 0.15) is 5.56 Å². The third kappa shape index (κ3) is 1.16. The van der Waals surface area contributed by atoms with Crippen LogP contribution in [0, 0.1) is 0 Å². The van der Waals surface area contributed by atoms with E-state index in [1.54, 1.807) is 12.1 Å². The third-order valence-corrected chi connectivity index (χ3v) is 2.07. The minimum absolute atomic E-state index is 0.560. The molecule has 0 aliphatic rings. The Balaban J connectivity index is 2.92. The van der Waals surface area contributed by atoms with Gasteiger partial charge in [-0.05, 0) is 17.5 Å². The maximum absolute atomic E-state index is 10.6. The maximum atomic E-state index is 10.6. The van der Waals surface area contributed by atoms with Gasteiger partial charge in [-0.2, -0.15) is 0 Å². The number of rotatable bonds is 1. The number of hydrogen-bond acceptors (Lipinski definition) is 2. The van der Waals surface area contributed by atoms with Gasteiger partial charge in [-0.1, -0.05) is 24.3 Å². The first-order chi connectivity index (χ1) is 6.33. The van der Waals surface area contributed by atoms with Crippen molar-refractivity contribution < 1.29 is 4.79 Å². The third-order valence-electron chi connectivity index (χ3n) is 2.07. The molecule has 2 heteroatoms. The fraction of sp³-hybridized carbons (Fsp3) is 0. The van der Waals surface area contributed by atoms with Crippen LogP contribution >= 0.6 is 0 Å². The van der Waals surface area contributed by atoms with Gasteiger partial charge in [0.2, 0.25) is 6.29 Å². The van der Waals surface area contributed by atoms with Crippen molar-refractivity contribution in [3.8, 4) is 0 Å². The standard InChI is InChI=1S/C11H8NO/c12-11-6-5-8(7-13)9-3-1-2-4-10(9)11/h1-6H,12H2. The van der Waals surface area contributed by atoms with Crippen molar-refractivity contribution in [2.24, 2.45) is 0 Å². The molecule has 0 heterocycles. The van der Waals surface area contributed by atoms with E-state index in [0.29, 0.717) is 11.3 Å². The van der Waals surface area contributed by atoms with Gasteiger partial charge in [-0.15, -0.1) is 0 Å². The van der Waals surface area contributed by atoms with Crippen molar-refractivity contribution in [3.05, 3.63) is 42.0 Å². The smallest absolute Gasteiger partial charge is 0.234 e. The Bertz CT molecular complexity index is 463. The molecule has 0 atom stereocenters. The molecule has 2 aromatic rings. The number of benzene rings is 2. The SMILES string of the molecule is Nc1ccc([C]=O)c2ccccc12. The molecule has 2 N–H and O–H groups in total. The summed E-state index contributed by atoms with van der Waals surface area (Å²) in [7, 11) is 0. The molecule has 0 saturated carbocycles. The number of anilines is 1. The first kappa shape index (κ1) is 7.80. The minimum Gasteiger partial charge on any atom is -0.398 e. The fourth-order valence-corrected chi connectivity index (χ4v) is 1.41. The normalized spacial score (nSPS) is 10.2. The predicted molar refractivity (Wildman–Crippen MR) is 53.2 cm³/mol. The summed E-state index contributed by atoms with van der Waals surface area (Å²) in [5.41, 5.74) is 7.00. The van der Waals surface area contributed by atoms with Crippen LogP contribution < -0.4 is 5.73 Å². The van der Waals surface area contributed by atoms with E-state index in [1.165, 1.54) is 0 Å². The van der Waals surface area contributed by atoms with Crippen LogP contribution in [0.2, 0.25) is 0 Å². The number of carbonyl (C=O) groups excluding carboxylic acids is 1. The molecule has 0 fully saturated rings. The Labute approximate surface area is 76.0 Å². The molecule has 13 heavy (non-hydrogen) atoms. The van der Waals surface area contributed by atoms with E-state index >= 15 is 0 Å². The fourth-order valence-electron chi connectivity index (χ4n) is 1.41. The van der Waals surface area contributed by atoms with Crippen LogP contribution in [-0.4, -0.2) is 6.29 Å². The average Bonchev–Trinajstić information content (AvgIpc) is 2.19. The summed E-state index contributed by atoms with van der Waals surface area (Å²) in [6, 6.07) is 10.9. The molecule has 2 nitrogen and oxygen atoms in total. The summed E-state index contributed by atoms with van der Waals surface area (Å²) in [6.45, 7) is 0. The first-order valence-electron chi connectivity index (χ1n) is 3.98. The molecule has 0 amide bonds. The van der Waals surface area contributed by atoms with E-state index in [9.17, 15) is 4.79 Å². The van der Waals surface area contributed by atoms with Crippen molar-refractivity contribution in [1.29, 1.82) is 0 Å². The lowest BCUT2D eigenvalue weighted by Gasteiger charge is -2.02. The molecule has 0 saturated heterocycles. The number of nitrogens with two attached hydrogens (primary N) is 1. The highest BCUT2D eigenvalue weighted by Crippen LogP contribution is 2.22. The summed E-state index contributed by atoms with van der Waals surface area (Å²) in [5, 5.41) is 1.76. The van der Waals surface area contributed by atoms with Gasteiger partial charge in [0, 0.05) is 16.6 Å². The average molecular weight is 170 g/mol. The first-order valence-corrected chi connectivity index (χ1v) is 3.98. The highest BCUT2D eigenvalue weighted by Gasteiger charge is 2.01. The summed E-state index contributed by atoms with van der Waals surface area (Å²) in [5.74, 6) is 0. The van der Waals surface area contributed by atoms with Crippen LogP contribution in [0.5, 0.6) is 0 Å². The van der Waals surface area contributed by atoms with E-state index in [-0.39, 0.29) is 0 Å². The Morgan fingerprint density at radius 2 is 1.69 bits per heavy atom. The van der Waals surface area contributed by atoms with Gasteiger partial charge in [0.25, 0.3) is 0 Å². The van der Waals surface area contributed by atoms with Gasteiger partial charge in [0.15, 0.2) is 0 Å². The lowest BCUT2D eigenvalue weighted by molar-refractivity contribution is 0.563. The highest BCUT2D eigenvalue weighted by atomic mass is 16.1. The molecule has 0 aliphatic carbocycles. The number of nitrogen functional groups attached to an aromatic ring is 1. The highest BCUT2D eigenvalue weighted by molar-refractivity contribution is 6.03. The molecule has 0 aliphatic heterocycles. The number of hydrogen-bond donors (Lipinski definition) is 1. The second-order valence-corrected chi connectivity index (χ2v) is 2.85. The van der Waals surface area contributed by atoms with Gasteiger partial charge in [-0.25, -0.2) is 0 Å². The molecule has 0 bridgehead atoms. The van der Waals surface area contributed by atoms with Crippen LogP contribution in [0.25, 0.3) is 10.8 Å². The van der Waals surface area contributed by atoms with E-state index in [1.807, 2.05) is 30.6 Å². The van der Waals surface area contributed by atoms with Crippen LogP contribution in [0.4, 0.5) is 5.69 Å². The van der Waals surface area contributed by atoms with Crippen molar-refractivity contribution in [2.75, 3.05) is 5.73 Å². The summed E-state index contributed by atoms with van der Waals surface area (Å²) in [6.07, 6.45) is 1.89. The predicted octanol–water partition coefficient (Wildman–Crippen LogP) is 1.88. The molecule has 0 unspecified atom stereocenters. The number of fused-ring (bicyclic) bond motifs is 1. The molecular weight excluding hydrogens is 162 g/mol. The molecule has 1 radical (unpaired) electrons. The molecule has 0 spiro atoms. The second kappa shape index (κ2) is 2.90. The van der Waals surface area contributed by atoms with Crippen LogP contribution in [0.15, 0.2) is 36.4 Å². The summed E-state index contributed by atoms with van der Waals surface area (Å²) >= 11 is 0. The topological polar surface area (TPSA) is 43.1 Å². The van der Waals surface area contributed by atoms with E-state index in [2.05, 4.69) is 0 Å². The van der Waals surface area contributed by atoms with Gasteiger partial charge in [-0.3, -0.25) is 4.79 Å². The zero-order valence-corrected chi connectivity index (χ0v) is 6.95. The molecule has 0 aromatic heterocycles. The second-order valence-electron chi connectivity index (χ2n) is 2.85. The van der Waals surface area contributed by atoms with E-state index in [0.717, 1.165) is 10.8 Å². The van der Waals surface area contributed by atoms with Crippen molar-refractivity contribution >= 4 is 22.7 Å². The lowest BCUT2D eigenvalue weighted by Crippen LogP contribution is -1.90. The zero-order chi connectivity index (χ0) is 9.26. The lowest BCUT2D eigenvalue weighted by atomic mass is 10.0. The van der Waals surface area contributed by atoms with Crippen LogP contribution in [-0.2, 0) is 4.79 Å². The molecule has 2 aromatic carbocycles. The van der Waals surface area contributed by atoms with E-state index < -0.39 is 0 Å². The van der Waals surface area contributed by atoms with Gasteiger partial charge in [0.05, 0.1) is 0 Å². The molecular formula is C11H8NO. The monoisotopic (exact) mass is 170 g/mol. The zero-order valence-electron chi connectivity index (χ0n) is 6.95. The Hall–Kier alpha value is -1.83. The quantitative estimate of drug-likeness (QED) is 0.664. The Morgan fingerprint density at radius 1 is 1.00 bits per heavy atom. The molecule has 2 rings (SSSR count). The Morgan fingerprint density at radius 3 is 2.38 bits per heavy atom. The largest absolute Gasteiger partial charge is 0.398 e. The summed E-state index contributed by atoms with van der Waals surface area (Å²) < 4.78 is 0. The summed E-state index contributed by atoms with van der Waals surface area (Å²) in [4.78, 5) is 10.6. The van der Waals surface area contributed by atoms with Gasteiger partial charge < -0.3 is 5.73 Å². The van der Waals surface area contributed by atoms with Gasteiger partial charge in [0.1, 0.15) is 0 Å². The maximum Gasteiger partial charge on any atom is 0.234 e. The molecule has 63 valence electrons. The van der Waals surface area contributed by atoms with Crippen molar-refractivity contribution in [2.45, 2.75) is 0 Å². The van der Waals surface area contributed by atoms with Gasteiger partial charge >= 0.3 is 0 Å².